The number of anilines is 1. The van der Waals surface area contributed by atoms with Crippen molar-refractivity contribution in [2.24, 2.45) is 0 Å². The summed E-state index contributed by atoms with van der Waals surface area (Å²) in [6.07, 6.45) is 5.12. The first-order valence-electron chi connectivity index (χ1n) is 6.27. The molecular weight excluding hydrogens is 234 g/mol. The smallest absolute Gasteiger partial charge is 0.0772 e. The number of hydrogen-bond donors (Lipinski definition) is 1. The van der Waals surface area contributed by atoms with E-state index in [0.29, 0.717) is 12.1 Å². The summed E-state index contributed by atoms with van der Waals surface area (Å²) >= 11 is 6.30. The molecule has 1 saturated carbocycles. The second kappa shape index (κ2) is 5.74. The minimum absolute atomic E-state index is 0.306. The van der Waals surface area contributed by atoms with Gasteiger partial charge in [0.25, 0.3) is 0 Å². The van der Waals surface area contributed by atoms with Crippen LogP contribution in [0.1, 0.15) is 31.2 Å². The Morgan fingerprint density at radius 3 is 2.82 bits per heavy atom. The second-order valence-electron chi connectivity index (χ2n) is 4.75. The first-order chi connectivity index (χ1) is 8.22. The lowest BCUT2D eigenvalue weighted by molar-refractivity contribution is 0.0606. The average Bonchev–Trinajstić information content (AvgIpc) is 2.35. The zero-order chi connectivity index (χ0) is 12.3. The fraction of sp³-hybridized carbons (Fsp3) is 0.571. The summed E-state index contributed by atoms with van der Waals surface area (Å²) in [4.78, 5) is 0. The maximum Gasteiger partial charge on any atom is 0.0772 e. The highest BCUT2D eigenvalue weighted by molar-refractivity contribution is 6.34. The van der Waals surface area contributed by atoms with Crippen LogP contribution >= 0.6 is 11.6 Å². The highest BCUT2D eigenvalue weighted by atomic mass is 35.5. The molecule has 2 atom stereocenters. The highest BCUT2D eigenvalue weighted by Gasteiger charge is 2.25. The van der Waals surface area contributed by atoms with Crippen LogP contribution in [0.3, 0.4) is 0 Å². The lowest BCUT2D eigenvalue weighted by Crippen LogP contribution is -2.37. The van der Waals surface area contributed by atoms with E-state index < -0.39 is 0 Å². The van der Waals surface area contributed by atoms with E-state index in [1.807, 2.05) is 25.1 Å². The van der Waals surface area contributed by atoms with Crippen molar-refractivity contribution in [3.05, 3.63) is 28.8 Å². The molecule has 17 heavy (non-hydrogen) atoms. The van der Waals surface area contributed by atoms with Crippen LogP contribution in [0, 0.1) is 6.92 Å². The molecule has 94 valence electrons. The third-order valence-corrected chi connectivity index (χ3v) is 4.04. The third kappa shape index (κ3) is 2.93. The summed E-state index contributed by atoms with van der Waals surface area (Å²) in [5, 5.41) is 4.36. The first kappa shape index (κ1) is 12.7. The summed E-state index contributed by atoms with van der Waals surface area (Å²) in [6, 6.07) is 6.49. The molecule has 2 rings (SSSR count). The Morgan fingerprint density at radius 2 is 2.06 bits per heavy atom. The van der Waals surface area contributed by atoms with Gasteiger partial charge in [-0.1, -0.05) is 36.6 Å². The van der Waals surface area contributed by atoms with Crippen molar-refractivity contribution in [3.63, 3.8) is 0 Å². The number of aryl methyl sites for hydroxylation is 1. The van der Waals surface area contributed by atoms with E-state index in [0.717, 1.165) is 29.1 Å². The molecule has 0 heterocycles. The van der Waals surface area contributed by atoms with Crippen molar-refractivity contribution in [1.82, 2.24) is 0 Å². The summed E-state index contributed by atoms with van der Waals surface area (Å²) < 4.78 is 5.54. The molecule has 1 aliphatic rings. The van der Waals surface area contributed by atoms with Crippen molar-refractivity contribution >= 4 is 17.3 Å². The molecular formula is C14H20ClNO. The molecule has 0 aliphatic heterocycles. The van der Waals surface area contributed by atoms with E-state index >= 15 is 0 Å². The zero-order valence-corrected chi connectivity index (χ0v) is 11.3. The summed E-state index contributed by atoms with van der Waals surface area (Å²) in [6.45, 7) is 2.03. The number of rotatable bonds is 3. The van der Waals surface area contributed by atoms with E-state index in [2.05, 4.69) is 5.32 Å². The molecule has 0 aromatic heterocycles. The largest absolute Gasteiger partial charge is 0.379 e. The minimum atomic E-state index is 0.306. The van der Waals surface area contributed by atoms with Crippen LogP contribution in [0.15, 0.2) is 18.2 Å². The van der Waals surface area contributed by atoms with Gasteiger partial charge in [0.2, 0.25) is 0 Å². The van der Waals surface area contributed by atoms with Gasteiger partial charge in [0.05, 0.1) is 22.9 Å². The van der Waals surface area contributed by atoms with Gasteiger partial charge in [-0.05, 0) is 31.4 Å². The molecule has 0 amide bonds. The van der Waals surface area contributed by atoms with Gasteiger partial charge in [-0.3, -0.25) is 0 Å². The zero-order valence-electron chi connectivity index (χ0n) is 10.5. The van der Waals surface area contributed by atoms with Gasteiger partial charge in [-0.25, -0.2) is 0 Å². The number of nitrogens with one attached hydrogen (secondary N) is 1. The molecule has 2 nitrogen and oxygen atoms in total. The van der Waals surface area contributed by atoms with Crippen LogP contribution in [-0.2, 0) is 4.74 Å². The number of ether oxygens (including phenoxy) is 1. The molecule has 3 heteroatoms. The number of methoxy groups -OCH3 is 1. The SMILES string of the molecule is COC1CCCCC1Nc1cccc(C)c1Cl. The highest BCUT2D eigenvalue weighted by Crippen LogP contribution is 2.29. The number of hydrogen-bond acceptors (Lipinski definition) is 2. The fourth-order valence-corrected chi connectivity index (χ4v) is 2.68. The maximum absolute atomic E-state index is 6.30. The van der Waals surface area contributed by atoms with Gasteiger partial charge in [0.1, 0.15) is 0 Å². The molecule has 2 unspecified atom stereocenters. The van der Waals surface area contributed by atoms with E-state index in [4.69, 9.17) is 16.3 Å². The normalized spacial score (nSPS) is 24.6. The fourth-order valence-electron chi connectivity index (χ4n) is 2.50. The van der Waals surface area contributed by atoms with Crippen molar-refractivity contribution in [3.8, 4) is 0 Å². The quantitative estimate of drug-likeness (QED) is 0.879. The Labute approximate surface area is 108 Å². The van der Waals surface area contributed by atoms with Crippen LogP contribution in [-0.4, -0.2) is 19.3 Å². The number of benzene rings is 1. The second-order valence-corrected chi connectivity index (χ2v) is 5.12. The Hall–Kier alpha value is -0.730. The van der Waals surface area contributed by atoms with Crippen LogP contribution in [0.4, 0.5) is 5.69 Å². The lowest BCUT2D eigenvalue weighted by Gasteiger charge is -2.32. The summed E-state index contributed by atoms with van der Waals surface area (Å²) in [7, 11) is 1.79. The van der Waals surface area contributed by atoms with Gasteiger partial charge < -0.3 is 10.1 Å². The molecule has 1 aliphatic carbocycles. The summed E-state index contributed by atoms with van der Waals surface area (Å²) in [5.41, 5.74) is 2.14. The molecule has 1 aromatic carbocycles. The Bertz CT molecular complexity index is 380. The minimum Gasteiger partial charge on any atom is -0.379 e. The van der Waals surface area contributed by atoms with E-state index in [1.54, 1.807) is 7.11 Å². The average molecular weight is 254 g/mol. The molecule has 1 fully saturated rings. The molecule has 0 radical (unpaired) electrons. The van der Waals surface area contributed by atoms with E-state index in [1.165, 1.54) is 12.8 Å². The van der Waals surface area contributed by atoms with Crippen LogP contribution in [0.2, 0.25) is 5.02 Å². The van der Waals surface area contributed by atoms with Crippen LogP contribution in [0.25, 0.3) is 0 Å². The van der Waals surface area contributed by atoms with Gasteiger partial charge >= 0.3 is 0 Å². The Kier molecular flexibility index (Phi) is 4.30. The maximum atomic E-state index is 6.30. The van der Waals surface area contributed by atoms with Crippen molar-refractivity contribution in [1.29, 1.82) is 0 Å². The predicted octanol–water partition coefficient (Wildman–Crippen LogP) is 4.02. The molecule has 0 spiro atoms. The van der Waals surface area contributed by atoms with Crippen molar-refractivity contribution in [2.75, 3.05) is 12.4 Å². The lowest BCUT2D eigenvalue weighted by atomic mass is 9.92. The van der Waals surface area contributed by atoms with Crippen molar-refractivity contribution in [2.45, 2.75) is 44.8 Å². The summed E-state index contributed by atoms with van der Waals surface area (Å²) in [5.74, 6) is 0. The predicted molar refractivity (Wildman–Crippen MR) is 72.9 cm³/mol. The molecule has 0 saturated heterocycles. The van der Waals surface area contributed by atoms with Gasteiger partial charge in [-0.2, -0.15) is 0 Å². The Balaban J connectivity index is 2.11. The standard InChI is InChI=1S/C14H20ClNO/c1-10-6-5-8-12(14(10)15)16-11-7-3-4-9-13(11)17-2/h5-6,8,11,13,16H,3-4,7,9H2,1-2H3. The van der Waals surface area contributed by atoms with Crippen molar-refractivity contribution < 1.29 is 4.74 Å². The van der Waals surface area contributed by atoms with Gasteiger partial charge in [0, 0.05) is 7.11 Å². The van der Waals surface area contributed by atoms with E-state index in [-0.39, 0.29) is 0 Å². The number of halogens is 1. The third-order valence-electron chi connectivity index (χ3n) is 3.54. The van der Waals surface area contributed by atoms with E-state index in [9.17, 15) is 0 Å². The topological polar surface area (TPSA) is 21.3 Å². The van der Waals surface area contributed by atoms with Crippen LogP contribution in [0.5, 0.6) is 0 Å². The van der Waals surface area contributed by atoms with Gasteiger partial charge in [0.15, 0.2) is 0 Å². The Morgan fingerprint density at radius 1 is 1.29 bits per heavy atom. The van der Waals surface area contributed by atoms with Gasteiger partial charge in [-0.15, -0.1) is 0 Å². The monoisotopic (exact) mass is 253 g/mol. The molecule has 0 bridgehead atoms. The molecule has 1 N–H and O–H groups in total. The first-order valence-corrected chi connectivity index (χ1v) is 6.64. The van der Waals surface area contributed by atoms with Crippen LogP contribution < -0.4 is 5.32 Å². The molecule has 1 aromatic rings.